The summed E-state index contributed by atoms with van der Waals surface area (Å²) in [6, 6.07) is 0. The van der Waals surface area contributed by atoms with E-state index in [-0.39, 0.29) is 6.61 Å². The van der Waals surface area contributed by atoms with Crippen LogP contribution in [0.3, 0.4) is 0 Å². The maximum atomic E-state index is 9.04. The van der Waals surface area contributed by atoms with Crippen LogP contribution in [0, 0.1) is 11.8 Å². The summed E-state index contributed by atoms with van der Waals surface area (Å²) in [4.78, 5) is 0. The Morgan fingerprint density at radius 1 is 0.958 bits per heavy atom. The molecule has 1 aliphatic carbocycles. The third-order valence-corrected chi connectivity index (χ3v) is 5.08. The second kappa shape index (κ2) is 14.9. The Labute approximate surface area is 149 Å². The van der Waals surface area contributed by atoms with E-state index in [1.807, 2.05) is 0 Å². The third kappa shape index (κ3) is 12.0. The van der Waals surface area contributed by atoms with Crippen LogP contribution in [0.2, 0.25) is 0 Å². The van der Waals surface area contributed by atoms with Crippen molar-refractivity contribution in [2.75, 3.05) is 13.2 Å². The van der Waals surface area contributed by atoms with Crippen molar-refractivity contribution < 1.29 is 14.9 Å². The molecule has 142 valence electrons. The monoisotopic (exact) mass is 340 g/mol. The van der Waals surface area contributed by atoms with Gasteiger partial charge < -0.3 is 14.9 Å². The molecule has 0 amide bonds. The van der Waals surface area contributed by atoms with E-state index in [4.69, 9.17) is 14.9 Å². The molecular weight excluding hydrogens is 300 g/mol. The third-order valence-electron chi connectivity index (χ3n) is 5.08. The van der Waals surface area contributed by atoms with Crippen molar-refractivity contribution in [3.63, 3.8) is 0 Å². The molecule has 0 spiro atoms. The first kappa shape index (κ1) is 21.7. The van der Waals surface area contributed by atoms with Gasteiger partial charge in [-0.1, -0.05) is 70.4 Å². The zero-order valence-electron chi connectivity index (χ0n) is 15.8. The normalized spacial score (nSPS) is 21.5. The zero-order chi connectivity index (χ0) is 17.5. The van der Waals surface area contributed by atoms with Gasteiger partial charge in [0, 0.05) is 6.61 Å². The van der Waals surface area contributed by atoms with E-state index in [2.05, 4.69) is 19.1 Å². The smallest absolute Gasteiger partial charge is 0.177 e. The Hall–Kier alpha value is -0.380. The number of hydrogen-bond donors (Lipinski definition) is 2. The van der Waals surface area contributed by atoms with Gasteiger partial charge in [-0.2, -0.15) is 0 Å². The maximum Gasteiger partial charge on any atom is 0.177 e. The van der Waals surface area contributed by atoms with Gasteiger partial charge in [0.05, 0.1) is 6.61 Å². The molecule has 0 aromatic carbocycles. The second-order valence-corrected chi connectivity index (χ2v) is 7.38. The Morgan fingerprint density at radius 2 is 1.71 bits per heavy atom. The molecule has 3 nitrogen and oxygen atoms in total. The van der Waals surface area contributed by atoms with Crippen molar-refractivity contribution in [1.82, 2.24) is 0 Å². The molecule has 0 radical (unpaired) electrons. The van der Waals surface area contributed by atoms with E-state index in [0.717, 1.165) is 24.7 Å². The van der Waals surface area contributed by atoms with Crippen LogP contribution < -0.4 is 0 Å². The molecule has 0 heterocycles. The van der Waals surface area contributed by atoms with Crippen molar-refractivity contribution in [3.8, 4) is 0 Å². The summed E-state index contributed by atoms with van der Waals surface area (Å²) in [6.07, 6.45) is 20.8. The summed E-state index contributed by atoms with van der Waals surface area (Å²) in [5, 5.41) is 17.7. The summed E-state index contributed by atoms with van der Waals surface area (Å²) in [6.45, 7) is 2.51. The minimum Gasteiger partial charge on any atom is -0.391 e. The van der Waals surface area contributed by atoms with Crippen LogP contribution in [0.1, 0.15) is 90.4 Å². The fraction of sp³-hybridized carbons (Fsp3) is 0.905. The number of hydrogen-bond acceptors (Lipinski definition) is 3. The summed E-state index contributed by atoms with van der Waals surface area (Å²) in [5.74, 6) is 2.00. The molecule has 0 aromatic heterocycles. The van der Waals surface area contributed by atoms with Crippen LogP contribution in [-0.4, -0.2) is 29.7 Å². The van der Waals surface area contributed by atoms with E-state index >= 15 is 0 Å². The number of allylic oxidation sites excluding steroid dienone is 2. The van der Waals surface area contributed by atoms with Gasteiger partial charge in [0.25, 0.3) is 0 Å². The second-order valence-electron chi connectivity index (χ2n) is 7.38. The molecule has 2 N–H and O–H groups in total. The van der Waals surface area contributed by atoms with E-state index in [9.17, 15) is 0 Å². The van der Waals surface area contributed by atoms with E-state index < -0.39 is 6.29 Å². The molecule has 0 bridgehead atoms. The summed E-state index contributed by atoms with van der Waals surface area (Å²) >= 11 is 0. The Balaban J connectivity index is 1.78. The highest BCUT2D eigenvalue weighted by Gasteiger charge is 2.34. The minimum atomic E-state index is -0.998. The van der Waals surface area contributed by atoms with Crippen LogP contribution in [0.25, 0.3) is 0 Å². The molecule has 0 aromatic rings. The standard InChI is InChI=1S/C21H40O3/c1-2-3-4-5-8-11-14-19-17-20(19)15-12-9-6-7-10-13-16-24-21(23)18-22/h8,11,19-23H,2-7,9-10,12-18H2,1H3/b11-8-. The molecule has 1 aliphatic rings. The van der Waals surface area contributed by atoms with Crippen molar-refractivity contribution in [2.24, 2.45) is 11.8 Å². The fourth-order valence-corrected chi connectivity index (χ4v) is 3.34. The first-order valence-electron chi connectivity index (χ1n) is 10.3. The van der Waals surface area contributed by atoms with Crippen molar-refractivity contribution >= 4 is 0 Å². The summed E-state index contributed by atoms with van der Waals surface area (Å²) in [7, 11) is 0. The van der Waals surface area contributed by atoms with E-state index in [1.54, 1.807) is 0 Å². The molecule has 3 unspecified atom stereocenters. The van der Waals surface area contributed by atoms with Gasteiger partial charge in [0.15, 0.2) is 6.29 Å². The highest BCUT2D eigenvalue weighted by molar-refractivity contribution is 4.93. The van der Waals surface area contributed by atoms with Gasteiger partial charge in [-0.15, -0.1) is 0 Å². The molecule has 3 heteroatoms. The first-order valence-corrected chi connectivity index (χ1v) is 10.3. The Bertz CT molecular complexity index is 303. The van der Waals surface area contributed by atoms with Crippen LogP contribution in [0.15, 0.2) is 12.2 Å². The van der Waals surface area contributed by atoms with Crippen LogP contribution >= 0.6 is 0 Å². The van der Waals surface area contributed by atoms with Gasteiger partial charge in [0.2, 0.25) is 0 Å². The molecule has 24 heavy (non-hydrogen) atoms. The van der Waals surface area contributed by atoms with Crippen LogP contribution in [-0.2, 0) is 4.74 Å². The van der Waals surface area contributed by atoms with Crippen LogP contribution in [0.4, 0.5) is 0 Å². The number of aliphatic hydroxyl groups excluding tert-OH is 2. The molecule has 0 saturated heterocycles. The van der Waals surface area contributed by atoms with Gasteiger partial charge in [0.1, 0.15) is 0 Å². The predicted molar refractivity (Wildman–Crippen MR) is 101 cm³/mol. The molecule has 0 aliphatic heterocycles. The van der Waals surface area contributed by atoms with E-state index in [0.29, 0.717) is 6.61 Å². The number of ether oxygens (including phenoxy) is 1. The highest BCUT2D eigenvalue weighted by atomic mass is 16.6. The number of unbranched alkanes of at least 4 members (excludes halogenated alkanes) is 8. The predicted octanol–water partition coefficient (Wildman–Crippen LogP) is 5.21. The lowest BCUT2D eigenvalue weighted by Gasteiger charge is -2.08. The van der Waals surface area contributed by atoms with Gasteiger partial charge in [-0.25, -0.2) is 0 Å². The lowest BCUT2D eigenvalue weighted by molar-refractivity contribution is -0.125. The number of rotatable bonds is 17. The van der Waals surface area contributed by atoms with Crippen molar-refractivity contribution in [2.45, 2.75) is 96.7 Å². The first-order chi connectivity index (χ1) is 11.8. The summed E-state index contributed by atoms with van der Waals surface area (Å²) < 4.78 is 5.03. The maximum absolute atomic E-state index is 9.04. The van der Waals surface area contributed by atoms with Crippen molar-refractivity contribution in [1.29, 1.82) is 0 Å². The Morgan fingerprint density at radius 3 is 2.46 bits per heavy atom. The van der Waals surface area contributed by atoms with E-state index in [1.165, 1.54) is 70.6 Å². The average Bonchev–Trinajstić information content (AvgIpc) is 3.34. The molecular formula is C21H40O3. The largest absolute Gasteiger partial charge is 0.391 e. The number of aliphatic hydroxyl groups is 2. The average molecular weight is 341 g/mol. The lowest BCUT2D eigenvalue weighted by Crippen LogP contribution is -2.16. The van der Waals surface area contributed by atoms with Crippen LogP contribution in [0.5, 0.6) is 0 Å². The van der Waals surface area contributed by atoms with Gasteiger partial charge in [-0.3, -0.25) is 0 Å². The summed E-state index contributed by atoms with van der Waals surface area (Å²) in [5.41, 5.74) is 0. The van der Waals surface area contributed by atoms with Gasteiger partial charge >= 0.3 is 0 Å². The molecule has 3 atom stereocenters. The fourth-order valence-electron chi connectivity index (χ4n) is 3.34. The quantitative estimate of drug-likeness (QED) is 0.217. The highest BCUT2D eigenvalue weighted by Crippen LogP contribution is 2.45. The lowest BCUT2D eigenvalue weighted by atomic mass is 10.1. The molecule has 1 rings (SSSR count). The van der Waals surface area contributed by atoms with Crippen molar-refractivity contribution in [3.05, 3.63) is 12.2 Å². The minimum absolute atomic E-state index is 0.309. The zero-order valence-corrected chi connectivity index (χ0v) is 15.8. The molecule has 1 saturated carbocycles. The Kier molecular flexibility index (Phi) is 13.5. The van der Waals surface area contributed by atoms with Gasteiger partial charge in [-0.05, 0) is 43.9 Å². The topological polar surface area (TPSA) is 49.7 Å². The molecule has 1 fully saturated rings. The SMILES string of the molecule is CCCCC/C=C\CC1CC1CCCCCCCCOC(O)CO.